The van der Waals surface area contributed by atoms with Crippen LogP contribution in [0.5, 0.6) is 0 Å². The van der Waals surface area contributed by atoms with Crippen molar-refractivity contribution < 1.29 is 29.4 Å². The topological polar surface area (TPSA) is 115 Å². The number of hydrogen-bond donors (Lipinski definition) is 1. The van der Waals surface area contributed by atoms with Gasteiger partial charge in [0, 0.05) is 31.0 Å². The number of carboxylic acids is 1. The Morgan fingerprint density at radius 2 is 1.04 bits per heavy atom. The van der Waals surface area contributed by atoms with Gasteiger partial charge < -0.3 is 10.1 Å². The Bertz CT molecular complexity index is 1680. The van der Waals surface area contributed by atoms with E-state index in [9.17, 15) is 4.79 Å². The number of aromatic nitrogens is 5. The molecule has 0 unspecified atom stereocenters. The van der Waals surface area contributed by atoms with E-state index in [1.54, 1.807) is 61.5 Å². The molecule has 5 aromatic heterocycles. The summed E-state index contributed by atoms with van der Waals surface area (Å²) in [6.07, 6.45) is 14.3. The van der Waals surface area contributed by atoms with Crippen LogP contribution in [0.25, 0.3) is 28.3 Å². The number of pyridine rings is 4. The molecule has 0 atom stereocenters. The second-order valence-electron chi connectivity index (χ2n) is 9.16. The van der Waals surface area contributed by atoms with Crippen molar-refractivity contribution in [3.63, 3.8) is 0 Å². The van der Waals surface area contributed by atoms with Crippen molar-refractivity contribution in [2.45, 2.75) is 0 Å². The summed E-state index contributed by atoms with van der Waals surface area (Å²) in [5, 5.41) is 8.95. The fourth-order valence-corrected chi connectivity index (χ4v) is 4.16. The van der Waals surface area contributed by atoms with Gasteiger partial charge in [0.25, 0.3) is 0 Å². The Hall–Kier alpha value is -5.66. The summed E-state index contributed by atoms with van der Waals surface area (Å²) in [6, 6.07) is 33.7. The van der Waals surface area contributed by atoms with Gasteiger partial charge in [-0.3, -0.25) is 24.9 Å². The van der Waals surface area contributed by atoms with Crippen LogP contribution in [0.3, 0.4) is 0 Å². The third-order valence-corrected chi connectivity index (χ3v) is 6.22. The third-order valence-electron chi connectivity index (χ3n) is 6.22. The first-order chi connectivity index (χ1) is 21.7. The smallest absolute Gasteiger partial charge is 0.664 e. The van der Waals surface area contributed by atoms with Crippen LogP contribution in [-0.2, 0) is 19.5 Å². The number of allylic oxidation sites excluding steroid dienone is 2. The van der Waals surface area contributed by atoms with Crippen LogP contribution in [0.2, 0.25) is 0 Å². The van der Waals surface area contributed by atoms with Crippen LogP contribution in [0.1, 0.15) is 21.6 Å². The molecule has 0 aliphatic carbocycles. The van der Waals surface area contributed by atoms with Gasteiger partial charge in [0.1, 0.15) is 0 Å². The van der Waals surface area contributed by atoms with Gasteiger partial charge in [0.15, 0.2) is 0 Å². The molecule has 45 heavy (non-hydrogen) atoms. The van der Waals surface area contributed by atoms with Gasteiger partial charge in [-0.2, -0.15) is 6.20 Å². The van der Waals surface area contributed by atoms with Crippen molar-refractivity contribution in [2.24, 2.45) is 4.99 Å². The van der Waals surface area contributed by atoms with Crippen LogP contribution in [0, 0.1) is 0 Å². The first kappa shape index (κ1) is 32.3. The summed E-state index contributed by atoms with van der Waals surface area (Å²) >= 11 is 0. The molecule has 9 heteroatoms. The Kier molecular flexibility index (Phi) is 12.1. The summed E-state index contributed by atoms with van der Waals surface area (Å²) in [4.78, 5) is 36.3. The zero-order chi connectivity index (χ0) is 30.4. The number of rotatable bonds is 5. The molecule has 0 radical (unpaired) electrons. The van der Waals surface area contributed by atoms with Crippen molar-refractivity contribution in [2.75, 3.05) is 0 Å². The number of benzene rings is 1. The van der Waals surface area contributed by atoms with E-state index in [0.717, 1.165) is 45.3 Å². The van der Waals surface area contributed by atoms with Crippen LogP contribution >= 0.6 is 0 Å². The number of aromatic carboxylic acids is 1. The maximum Gasteiger partial charge on any atom is 2.00 e. The molecule has 0 fully saturated rings. The molecular weight excluding hydrogens is 650 g/mol. The zero-order valence-corrected chi connectivity index (χ0v) is 25.6. The van der Waals surface area contributed by atoms with Crippen molar-refractivity contribution in [3.05, 3.63) is 175 Å². The van der Waals surface area contributed by atoms with Crippen LogP contribution in [-0.4, -0.2) is 37.2 Å². The molecule has 1 N–H and O–H groups in total. The van der Waals surface area contributed by atoms with E-state index in [2.05, 4.69) is 29.9 Å². The number of carbonyl (C=O) groups is 1. The zero-order valence-electron chi connectivity index (χ0n) is 23.9. The Morgan fingerprint density at radius 1 is 0.578 bits per heavy atom. The van der Waals surface area contributed by atoms with Crippen LogP contribution < -0.4 is 4.98 Å². The molecule has 0 saturated heterocycles. The Morgan fingerprint density at radius 3 is 1.38 bits per heavy atom. The first-order valence-corrected chi connectivity index (χ1v) is 13.7. The molecule has 0 amide bonds. The predicted molar refractivity (Wildman–Crippen MR) is 172 cm³/mol. The van der Waals surface area contributed by atoms with Gasteiger partial charge >= 0.3 is 25.4 Å². The van der Waals surface area contributed by atoms with Gasteiger partial charge in [-0.05, 0) is 84.0 Å². The predicted octanol–water partition coefficient (Wildman–Crippen LogP) is 7.03. The molecule has 0 bridgehead atoms. The maximum atomic E-state index is 10.9. The van der Waals surface area contributed by atoms with Crippen molar-refractivity contribution in [3.8, 4) is 22.8 Å². The summed E-state index contributed by atoms with van der Waals surface area (Å²) < 4.78 is 0. The fourth-order valence-electron chi connectivity index (χ4n) is 4.16. The molecule has 1 aliphatic heterocycles. The van der Waals surface area contributed by atoms with E-state index in [4.69, 9.17) is 5.11 Å². The molecule has 0 spiro atoms. The number of hydrogen-bond acceptors (Lipinski definition) is 6. The summed E-state index contributed by atoms with van der Waals surface area (Å²) in [7, 11) is 0. The molecule has 1 aliphatic rings. The van der Waals surface area contributed by atoms with Gasteiger partial charge in [-0.1, -0.05) is 48.5 Å². The molecular formula is C36H27N6O2Ru+. The van der Waals surface area contributed by atoms with E-state index in [1.165, 1.54) is 0 Å². The van der Waals surface area contributed by atoms with Crippen LogP contribution in [0.4, 0.5) is 0 Å². The van der Waals surface area contributed by atoms with E-state index in [-0.39, 0.29) is 25.0 Å². The first-order valence-electron chi connectivity index (χ1n) is 13.7. The van der Waals surface area contributed by atoms with Gasteiger partial charge in [0.2, 0.25) is 0 Å². The molecule has 8 nitrogen and oxygen atoms in total. The third kappa shape index (κ3) is 9.16. The Balaban J connectivity index is 0.000000160. The molecule has 6 aromatic rings. The maximum absolute atomic E-state index is 10.9. The van der Waals surface area contributed by atoms with E-state index in [1.807, 2.05) is 97.1 Å². The minimum Gasteiger partial charge on any atom is -0.664 e. The normalized spacial score (nSPS) is 12.1. The minimum atomic E-state index is -0.934. The SMILES string of the molecule is O=C(O)c1ccc(/C(=C2\C=CC=N2)c2ccc[n-]2)cc1.[Ru+2].c1ccc(-c2ccccn2)nc1.c1ccc(-c2ccccn2)nc1. The monoisotopic (exact) mass is 677 g/mol. The summed E-state index contributed by atoms with van der Waals surface area (Å²) in [5.41, 5.74) is 7.37. The van der Waals surface area contributed by atoms with Crippen LogP contribution in [0.15, 0.2) is 163 Å². The number of aliphatic imine (C=N–C) groups is 1. The average Bonchev–Trinajstić information content (AvgIpc) is 3.84. The van der Waals surface area contributed by atoms with Gasteiger partial charge in [-0.15, -0.1) is 5.69 Å². The summed E-state index contributed by atoms with van der Waals surface area (Å²) in [5.74, 6) is -0.934. The van der Waals surface area contributed by atoms with E-state index >= 15 is 0 Å². The average molecular weight is 677 g/mol. The van der Waals surface area contributed by atoms with Crippen molar-refractivity contribution in [1.29, 1.82) is 0 Å². The standard InChI is InChI=1S/C16H12N2O2.2C10H8N2.Ru/c19-16(20)12-7-5-11(6-8-12)15(13-3-1-9-17-13)14-4-2-10-18-14;2*1-3-7-11-9(5-1)10-6-2-4-8-12-10;/h1-10H,(H2,17,18,19,20);2*1-8H;/q;;;+2/p-1. The van der Waals surface area contributed by atoms with E-state index < -0.39 is 5.97 Å². The number of nitrogens with zero attached hydrogens (tertiary/aromatic N) is 6. The van der Waals surface area contributed by atoms with Gasteiger partial charge in [-0.25, -0.2) is 4.79 Å². The Labute approximate surface area is 273 Å². The minimum absolute atomic E-state index is 0. The van der Waals surface area contributed by atoms with Crippen molar-refractivity contribution in [1.82, 2.24) is 24.9 Å². The van der Waals surface area contributed by atoms with Gasteiger partial charge in [0.05, 0.1) is 34.0 Å². The molecule has 7 rings (SSSR count). The molecule has 220 valence electrons. The largest absolute Gasteiger partial charge is 2.00 e. The molecule has 1 aromatic carbocycles. The second-order valence-corrected chi connectivity index (χ2v) is 9.16. The van der Waals surface area contributed by atoms with Crippen molar-refractivity contribution >= 4 is 17.8 Å². The summed E-state index contributed by atoms with van der Waals surface area (Å²) in [6.45, 7) is 0. The second kappa shape index (κ2) is 16.8. The van der Waals surface area contributed by atoms with E-state index in [0.29, 0.717) is 0 Å². The quantitative estimate of drug-likeness (QED) is 0.195. The number of carboxylic acid groups (broad SMARTS) is 1. The molecule has 0 saturated carbocycles. The molecule has 6 heterocycles. The fraction of sp³-hybridized carbons (Fsp3) is 0.